The van der Waals surface area contributed by atoms with Crippen molar-refractivity contribution in [3.05, 3.63) is 29.8 Å². The molecule has 2 rings (SSSR count). The van der Waals surface area contributed by atoms with E-state index in [2.05, 4.69) is 5.32 Å². The molecule has 0 aliphatic heterocycles. The van der Waals surface area contributed by atoms with E-state index in [0.29, 0.717) is 12.2 Å². The minimum atomic E-state index is -0.347. The fourth-order valence-electron chi connectivity index (χ4n) is 2.06. The molecule has 0 unspecified atom stereocenters. The third-order valence-corrected chi connectivity index (χ3v) is 3.05. The van der Waals surface area contributed by atoms with Crippen LogP contribution in [-0.2, 0) is 11.3 Å². The van der Waals surface area contributed by atoms with E-state index in [1.165, 1.54) is 0 Å². The van der Waals surface area contributed by atoms with Crippen LogP contribution in [0.5, 0.6) is 0 Å². The highest BCUT2D eigenvalue weighted by atomic mass is 16.6. The summed E-state index contributed by atoms with van der Waals surface area (Å²) >= 11 is 0. The van der Waals surface area contributed by atoms with Crippen molar-refractivity contribution in [1.82, 2.24) is 5.32 Å². The Morgan fingerprint density at radius 3 is 2.76 bits per heavy atom. The SMILES string of the molecule is Nc1ccccc1CNC(=O)OC1CCCC1. The van der Waals surface area contributed by atoms with Gasteiger partial charge < -0.3 is 15.8 Å². The van der Waals surface area contributed by atoms with Crippen molar-refractivity contribution in [3.8, 4) is 0 Å². The molecule has 0 heterocycles. The molecule has 92 valence electrons. The number of rotatable bonds is 3. The van der Waals surface area contributed by atoms with Gasteiger partial charge in [0.1, 0.15) is 6.10 Å². The average Bonchev–Trinajstić information content (AvgIpc) is 2.81. The second-order valence-corrected chi connectivity index (χ2v) is 4.36. The average molecular weight is 234 g/mol. The summed E-state index contributed by atoms with van der Waals surface area (Å²) in [6.07, 6.45) is 4.04. The molecule has 0 spiro atoms. The van der Waals surface area contributed by atoms with Gasteiger partial charge in [0, 0.05) is 12.2 Å². The fraction of sp³-hybridized carbons (Fsp3) is 0.462. The number of benzene rings is 1. The summed E-state index contributed by atoms with van der Waals surface area (Å²) < 4.78 is 5.28. The number of nitrogens with two attached hydrogens (primary N) is 1. The normalized spacial score (nSPS) is 15.8. The number of anilines is 1. The number of carbonyl (C=O) groups is 1. The van der Waals surface area contributed by atoms with Gasteiger partial charge in [-0.2, -0.15) is 0 Å². The van der Waals surface area contributed by atoms with Gasteiger partial charge in [-0.25, -0.2) is 4.79 Å². The molecule has 1 saturated carbocycles. The van der Waals surface area contributed by atoms with E-state index < -0.39 is 0 Å². The second-order valence-electron chi connectivity index (χ2n) is 4.36. The molecule has 1 fully saturated rings. The van der Waals surface area contributed by atoms with E-state index in [0.717, 1.165) is 31.2 Å². The Hall–Kier alpha value is -1.71. The third-order valence-electron chi connectivity index (χ3n) is 3.05. The first kappa shape index (κ1) is 11.8. The number of hydrogen-bond acceptors (Lipinski definition) is 3. The number of amides is 1. The largest absolute Gasteiger partial charge is 0.446 e. The monoisotopic (exact) mass is 234 g/mol. The molecule has 4 heteroatoms. The van der Waals surface area contributed by atoms with Gasteiger partial charge in [0.2, 0.25) is 0 Å². The molecule has 0 radical (unpaired) electrons. The van der Waals surface area contributed by atoms with E-state index >= 15 is 0 Å². The van der Waals surface area contributed by atoms with Crippen molar-refractivity contribution in [3.63, 3.8) is 0 Å². The number of para-hydroxylation sites is 1. The maximum absolute atomic E-state index is 11.5. The fourth-order valence-corrected chi connectivity index (χ4v) is 2.06. The highest BCUT2D eigenvalue weighted by molar-refractivity contribution is 5.67. The van der Waals surface area contributed by atoms with Crippen molar-refractivity contribution in [2.24, 2.45) is 0 Å². The van der Waals surface area contributed by atoms with Gasteiger partial charge in [-0.15, -0.1) is 0 Å². The summed E-state index contributed by atoms with van der Waals surface area (Å²) in [5, 5.41) is 2.73. The van der Waals surface area contributed by atoms with Crippen LogP contribution >= 0.6 is 0 Å². The summed E-state index contributed by atoms with van der Waals surface area (Å²) in [6.45, 7) is 0.415. The predicted molar refractivity (Wildman–Crippen MR) is 66.4 cm³/mol. The van der Waals surface area contributed by atoms with Crippen LogP contribution in [0.15, 0.2) is 24.3 Å². The Kier molecular flexibility index (Phi) is 3.85. The van der Waals surface area contributed by atoms with Gasteiger partial charge in [0.05, 0.1) is 0 Å². The van der Waals surface area contributed by atoms with Crippen LogP contribution < -0.4 is 11.1 Å². The first-order chi connectivity index (χ1) is 8.25. The Balaban J connectivity index is 1.77. The first-order valence-electron chi connectivity index (χ1n) is 6.03. The third kappa shape index (κ3) is 3.37. The number of alkyl carbamates (subject to hydrolysis) is 1. The van der Waals surface area contributed by atoms with Crippen LogP contribution in [0.1, 0.15) is 31.2 Å². The Morgan fingerprint density at radius 2 is 2.06 bits per heavy atom. The standard InChI is InChI=1S/C13H18N2O2/c14-12-8-4-1-5-10(12)9-15-13(16)17-11-6-2-3-7-11/h1,4-5,8,11H,2-3,6-7,9,14H2,(H,15,16). The first-order valence-corrected chi connectivity index (χ1v) is 6.03. The maximum atomic E-state index is 11.5. The highest BCUT2D eigenvalue weighted by Crippen LogP contribution is 2.20. The lowest BCUT2D eigenvalue weighted by atomic mass is 10.2. The molecule has 4 nitrogen and oxygen atoms in total. The molecule has 0 atom stereocenters. The summed E-state index contributed by atoms with van der Waals surface area (Å²) in [6, 6.07) is 7.48. The van der Waals surface area contributed by atoms with Crippen LogP contribution in [0.3, 0.4) is 0 Å². The van der Waals surface area contributed by atoms with E-state index in [9.17, 15) is 4.79 Å². The number of ether oxygens (including phenoxy) is 1. The molecular weight excluding hydrogens is 216 g/mol. The minimum Gasteiger partial charge on any atom is -0.446 e. The lowest BCUT2D eigenvalue weighted by Crippen LogP contribution is -2.27. The predicted octanol–water partition coefficient (Wildman–Crippen LogP) is 2.44. The quantitative estimate of drug-likeness (QED) is 0.789. The van der Waals surface area contributed by atoms with Gasteiger partial charge in [-0.3, -0.25) is 0 Å². The Morgan fingerprint density at radius 1 is 1.35 bits per heavy atom. The van der Waals surface area contributed by atoms with Crippen molar-refractivity contribution < 1.29 is 9.53 Å². The second kappa shape index (κ2) is 5.57. The molecule has 17 heavy (non-hydrogen) atoms. The van der Waals surface area contributed by atoms with E-state index in [-0.39, 0.29) is 12.2 Å². The zero-order valence-corrected chi connectivity index (χ0v) is 9.82. The van der Waals surface area contributed by atoms with Crippen molar-refractivity contribution >= 4 is 11.8 Å². The summed E-state index contributed by atoms with van der Waals surface area (Å²) in [7, 11) is 0. The zero-order chi connectivity index (χ0) is 12.1. The molecule has 3 N–H and O–H groups in total. The van der Waals surface area contributed by atoms with Crippen molar-refractivity contribution in [1.29, 1.82) is 0 Å². The molecule has 1 aliphatic rings. The lowest BCUT2D eigenvalue weighted by molar-refractivity contribution is 0.101. The molecule has 0 aromatic heterocycles. The molecule has 0 saturated heterocycles. The molecule has 1 aromatic carbocycles. The van der Waals surface area contributed by atoms with Crippen LogP contribution in [-0.4, -0.2) is 12.2 Å². The van der Waals surface area contributed by atoms with Crippen LogP contribution in [0.2, 0.25) is 0 Å². The van der Waals surface area contributed by atoms with Crippen molar-refractivity contribution in [2.45, 2.75) is 38.3 Å². The number of nitrogens with one attached hydrogen (secondary N) is 1. The summed E-state index contributed by atoms with van der Waals surface area (Å²) in [5.41, 5.74) is 7.38. The zero-order valence-electron chi connectivity index (χ0n) is 9.82. The van der Waals surface area contributed by atoms with Crippen molar-refractivity contribution in [2.75, 3.05) is 5.73 Å². The molecule has 1 aliphatic carbocycles. The Bertz CT molecular complexity index is 387. The number of carbonyl (C=O) groups excluding carboxylic acids is 1. The molecular formula is C13H18N2O2. The topological polar surface area (TPSA) is 64.3 Å². The van der Waals surface area contributed by atoms with Gasteiger partial charge in [0.15, 0.2) is 0 Å². The summed E-state index contributed by atoms with van der Waals surface area (Å²) in [5.74, 6) is 0. The van der Waals surface area contributed by atoms with Crippen LogP contribution in [0.25, 0.3) is 0 Å². The number of hydrogen-bond donors (Lipinski definition) is 2. The van der Waals surface area contributed by atoms with E-state index in [1.807, 2.05) is 24.3 Å². The van der Waals surface area contributed by atoms with E-state index in [1.54, 1.807) is 0 Å². The molecule has 0 bridgehead atoms. The molecule has 1 amide bonds. The van der Waals surface area contributed by atoms with Crippen LogP contribution in [0.4, 0.5) is 10.5 Å². The molecule has 1 aromatic rings. The number of nitrogen functional groups attached to an aromatic ring is 1. The maximum Gasteiger partial charge on any atom is 0.407 e. The lowest BCUT2D eigenvalue weighted by Gasteiger charge is -2.12. The van der Waals surface area contributed by atoms with Gasteiger partial charge in [-0.05, 0) is 37.3 Å². The Labute approximate surface area is 101 Å². The van der Waals surface area contributed by atoms with Gasteiger partial charge in [0.25, 0.3) is 0 Å². The minimum absolute atomic E-state index is 0.100. The van der Waals surface area contributed by atoms with E-state index in [4.69, 9.17) is 10.5 Å². The van der Waals surface area contributed by atoms with Gasteiger partial charge in [-0.1, -0.05) is 18.2 Å². The van der Waals surface area contributed by atoms with Crippen LogP contribution in [0, 0.1) is 0 Å². The summed E-state index contributed by atoms with van der Waals surface area (Å²) in [4.78, 5) is 11.5. The smallest absolute Gasteiger partial charge is 0.407 e. The van der Waals surface area contributed by atoms with Gasteiger partial charge >= 0.3 is 6.09 Å². The highest BCUT2D eigenvalue weighted by Gasteiger charge is 2.18.